The van der Waals surface area contributed by atoms with Crippen molar-refractivity contribution in [2.75, 3.05) is 32.7 Å². The van der Waals surface area contributed by atoms with Gasteiger partial charge in [0.2, 0.25) is 0 Å². The number of rotatable bonds is 6. The molecule has 3 heterocycles. The molecule has 2 aromatic rings. The second kappa shape index (κ2) is 11.8. The third kappa shape index (κ3) is 6.65. The van der Waals surface area contributed by atoms with Crippen molar-refractivity contribution in [2.24, 2.45) is 18.0 Å². The summed E-state index contributed by atoms with van der Waals surface area (Å²) in [5.74, 6) is 3.57. The monoisotopic (exact) mass is 537 g/mol. The molecule has 7 nitrogen and oxygen atoms in total. The van der Waals surface area contributed by atoms with Crippen LogP contribution in [0.5, 0.6) is 0 Å². The first-order valence-electron chi connectivity index (χ1n) is 11.3. The van der Waals surface area contributed by atoms with Crippen molar-refractivity contribution in [3.63, 3.8) is 0 Å². The van der Waals surface area contributed by atoms with Crippen LogP contribution in [0, 0.1) is 12.8 Å². The van der Waals surface area contributed by atoms with Gasteiger partial charge in [-0.1, -0.05) is 36.8 Å². The summed E-state index contributed by atoms with van der Waals surface area (Å²) in [6, 6.07) is 10.5. The van der Waals surface area contributed by atoms with E-state index in [1.54, 1.807) is 0 Å². The third-order valence-corrected chi connectivity index (χ3v) is 6.39. The zero-order valence-electron chi connectivity index (χ0n) is 18.8. The number of aromatic nitrogens is 3. The van der Waals surface area contributed by atoms with Gasteiger partial charge in [-0.3, -0.25) is 0 Å². The highest BCUT2D eigenvalue weighted by atomic mass is 127. The molecule has 2 saturated heterocycles. The van der Waals surface area contributed by atoms with Crippen molar-refractivity contribution in [2.45, 2.75) is 45.7 Å². The largest absolute Gasteiger partial charge is 0.349 e. The maximum Gasteiger partial charge on any atom is 0.194 e. The predicted octanol–water partition coefficient (Wildman–Crippen LogP) is 3.20. The zero-order valence-corrected chi connectivity index (χ0v) is 21.2. The van der Waals surface area contributed by atoms with Crippen molar-refractivity contribution in [3.8, 4) is 0 Å². The predicted molar refractivity (Wildman–Crippen MR) is 136 cm³/mol. The minimum absolute atomic E-state index is 0. The van der Waals surface area contributed by atoms with Gasteiger partial charge in [-0.15, -0.1) is 34.2 Å². The first-order chi connectivity index (χ1) is 14.7. The van der Waals surface area contributed by atoms with Gasteiger partial charge in [0.05, 0.1) is 13.1 Å². The lowest BCUT2D eigenvalue weighted by Crippen LogP contribution is -2.41. The number of benzene rings is 1. The van der Waals surface area contributed by atoms with Crippen LogP contribution in [-0.4, -0.2) is 63.2 Å². The maximum absolute atomic E-state index is 4.97. The number of hydrogen-bond donors (Lipinski definition) is 1. The average molecular weight is 537 g/mol. The van der Waals surface area contributed by atoms with Crippen LogP contribution >= 0.6 is 24.0 Å². The smallest absolute Gasteiger partial charge is 0.194 e. The van der Waals surface area contributed by atoms with Crippen LogP contribution in [0.4, 0.5) is 0 Å². The number of nitrogens with one attached hydrogen (secondary N) is 1. The van der Waals surface area contributed by atoms with Gasteiger partial charge in [0.15, 0.2) is 11.8 Å². The highest BCUT2D eigenvalue weighted by Gasteiger charge is 2.27. The molecule has 1 unspecified atom stereocenters. The molecule has 1 aromatic carbocycles. The van der Waals surface area contributed by atoms with Crippen LogP contribution in [-0.2, 0) is 20.1 Å². The van der Waals surface area contributed by atoms with E-state index in [0.29, 0.717) is 13.1 Å². The Kier molecular flexibility index (Phi) is 9.13. The minimum Gasteiger partial charge on any atom is -0.349 e. The highest BCUT2D eigenvalue weighted by Crippen LogP contribution is 2.20. The highest BCUT2D eigenvalue weighted by molar-refractivity contribution is 14.0. The van der Waals surface area contributed by atoms with Gasteiger partial charge in [0.25, 0.3) is 0 Å². The van der Waals surface area contributed by atoms with Crippen molar-refractivity contribution in [1.29, 1.82) is 0 Å². The number of hydrogen-bond acceptors (Lipinski definition) is 4. The van der Waals surface area contributed by atoms with Gasteiger partial charge < -0.3 is 19.7 Å². The molecule has 0 spiro atoms. The zero-order chi connectivity index (χ0) is 20.8. The Bertz CT molecular complexity index is 830. The second-order valence-corrected chi connectivity index (χ2v) is 8.66. The Morgan fingerprint density at radius 3 is 2.58 bits per heavy atom. The topological polar surface area (TPSA) is 61.6 Å². The average Bonchev–Trinajstić information content (AvgIpc) is 3.37. The molecule has 0 bridgehead atoms. The van der Waals surface area contributed by atoms with Gasteiger partial charge in [0, 0.05) is 26.7 Å². The molecule has 2 fully saturated rings. The second-order valence-electron chi connectivity index (χ2n) is 8.66. The first-order valence-corrected chi connectivity index (χ1v) is 11.3. The van der Waals surface area contributed by atoms with Gasteiger partial charge in [0.1, 0.15) is 5.82 Å². The standard InChI is InChI=1S/C23H35N7.HI/c1-19-26-27-22(28(19)2)16-25-23(24-15-20-9-5-3-6-10-20)30-14-11-21(18-30)17-29-12-7-4-8-13-29;/h3,5-6,9-10,21H,4,7-8,11-18H2,1-2H3,(H,24,25);1H. The van der Waals surface area contributed by atoms with Crippen molar-refractivity contribution in [1.82, 2.24) is 29.9 Å². The van der Waals surface area contributed by atoms with Gasteiger partial charge in [-0.25, -0.2) is 4.99 Å². The van der Waals surface area contributed by atoms with Crippen LogP contribution in [0.1, 0.15) is 42.9 Å². The summed E-state index contributed by atoms with van der Waals surface area (Å²) in [5.41, 5.74) is 1.23. The lowest BCUT2D eigenvalue weighted by atomic mass is 10.1. The van der Waals surface area contributed by atoms with E-state index in [2.05, 4.69) is 55.6 Å². The van der Waals surface area contributed by atoms with Crippen molar-refractivity contribution >= 4 is 29.9 Å². The molecule has 8 heteroatoms. The fourth-order valence-electron chi connectivity index (χ4n) is 4.46. The van der Waals surface area contributed by atoms with E-state index in [4.69, 9.17) is 4.99 Å². The van der Waals surface area contributed by atoms with Crippen LogP contribution in [0.2, 0.25) is 0 Å². The molecule has 0 aliphatic carbocycles. The number of aryl methyl sites for hydroxylation is 1. The fourth-order valence-corrected chi connectivity index (χ4v) is 4.46. The molecule has 0 radical (unpaired) electrons. The van der Waals surface area contributed by atoms with Crippen LogP contribution < -0.4 is 5.32 Å². The molecule has 2 aliphatic rings. The molecular formula is C23H36IN7. The molecule has 4 rings (SSSR count). The van der Waals surface area contributed by atoms with Gasteiger partial charge >= 0.3 is 0 Å². The Labute approximate surface area is 203 Å². The maximum atomic E-state index is 4.97. The summed E-state index contributed by atoms with van der Waals surface area (Å²) in [5, 5.41) is 12.0. The van der Waals surface area contributed by atoms with E-state index >= 15 is 0 Å². The quantitative estimate of drug-likeness (QED) is 0.349. The van der Waals surface area contributed by atoms with Gasteiger partial charge in [-0.05, 0) is 50.8 Å². The molecular weight excluding hydrogens is 501 g/mol. The van der Waals surface area contributed by atoms with E-state index in [-0.39, 0.29) is 24.0 Å². The summed E-state index contributed by atoms with van der Waals surface area (Å²) >= 11 is 0. The molecule has 1 atom stereocenters. The van der Waals surface area contributed by atoms with Crippen molar-refractivity contribution < 1.29 is 0 Å². The number of guanidine groups is 1. The van der Waals surface area contributed by atoms with E-state index in [1.807, 2.05) is 18.5 Å². The minimum atomic E-state index is 0. The SMILES string of the molecule is Cc1nnc(CNC(=NCc2ccccc2)N2CCC(CN3CCCCC3)C2)n1C.I. The lowest BCUT2D eigenvalue weighted by Gasteiger charge is -2.29. The summed E-state index contributed by atoms with van der Waals surface area (Å²) in [7, 11) is 2.01. The normalized spacial score (nSPS) is 20.0. The van der Waals surface area contributed by atoms with Crippen LogP contribution in [0.25, 0.3) is 0 Å². The Morgan fingerprint density at radius 1 is 1.10 bits per heavy atom. The molecule has 31 heavy (non-hydrogen) atoms. The van der Waals surface area contributed by atoms with Crippen LogP contribution in [0.15, 0.2) is 35.3 Å². The number of likely N-dealkylation sites (tertiary alicyclic amines) is 2. The van der Waals surface area contributed by atoms with Crippen molar-refractivity contribution in [3.05, 3.63) is 47.5 Å². The van der Waals surface area contributed by atoms with Crippen LogP contribution in [0.3, 0.4) is 0 Å². The first kappa shape index (κ1) is 24.0. The number of nitrogens with zero attached hydrogens (tertiary/aromatic N) is 6. The number of aliphatic imine (C=N–C) groups is 1. The molecule has 2 aliphatic heterocycles. The Hall–Kier alpha value is -1.68. The molecule has 170 valence electrons. The Morgan fingerprint density at radius 2 is 1.87 bits per heavy atom. The summed E-state index contributed by atoms with van der Waals surface area (Å²) in [6.07, 6.45) is 5.36. The number of piperidine rings is 1. The number of halogens is 1. The summed E-state index contributed by atoms with van der Waals surface area (Å²) in [4.78, 5) is 10.1. The van der Waals surface area contributed by atoms with E-state index in [9.17, 15) is 0 Å². The van der Waals surface area contributed by atoms with E-state index in [1.165, 1.54) is 50.9 Å². The molecule has 0 saturated carbocycles. The third-order valence-electron chi connectivity index (χ3n) is 6.39. The van der Waals surface area contributed by atoms with Gasteiger partial charge in [-0.2, -0.15) is 0 Å². The lowest BCUT2D eigenvalue weighted by molar-refractivity contribution is 0.198. The molecule has 1 N–H and O–H groups in total. The summed E-state index contributed by atoms with van der Waals surface area (Å²) in [6.45, 7) is 9.22. The van der Waals surface area contributed by atoms with E-state index in [0.717, 1.165) is 36.6 Å². The Balaban J connectivity index is 0.00000272. The molecule has 0 amide bonds. The molecule has 1 aromatic heterocycles. The van der Waals surface area contributed by atoms with E-state index < -0.39 is 0 Å². The summed E-state index contributed by atoms with van der Waals surface area (Å²) < 4.78 is 2.03. The fraction of sp³-hybridized carbons (Fsp3) is 0.609.